The normalized spacial score (nSPS) is 11.3. The zero-order valence-corrected chi connectivity index (χ0v) is 12.5. The van der Waals surface area contributed by atoms with Crippen molar-refractivity contribution in [3.8, 4) is 17.3 Å². The molecule has 0 aliphatic heterocycles. The zero-order chi connectivity index (χ0) is 15.0. The van der Waals surface area contributed by atoms with Gasteiger partial charge in [-0.2, -0.15) is 4.98 Å². The Morgan fingerprint density at radius 2 is 2.00 bits per heavy atom. The molecule has 3 rings (SSSR count). The number of nitrogens with zero attached hydrogens (tertiary/aromatic N) is 3. The number of methoxy groups -OCH3 is 1. The topological polar surface area (TPSA) is 61.0 Å². The van der Waals surface area contributed by atoms with Gasteiger partial charge < -0.3 is 9.26 Å². The largest absolute Gasteiger partial charge is 0.480 e. The van der Waals surface area contributed by atoms with Crippen LogP contribution in [0.4, 0.5) is 0 Å². The third kappa shape index (κ3) is 2.35. The monoisotopic (exact) mass is 283 g/mol. The molecule has 0 amide bonds. The molecule has 0 fully saturated rings. The van der Waals surface area contributed by atoms with Gasteiger partial charge in [-0.15, -0.1) is 0 Å². The number of para-hydroxylation sites is 1. The molecular weight excluding hydrogens is 266 g/mol. The summed E-state index contributed by atoms with van der Waals surface area (Å²) in [5.41, 5.74) is 2.77. The van der Waals surface area contributed by atoms with E-state index in [0.717, 1.165) is 22.0 Å². The molecule has 0 saturated carbocycles. The average molecular weight is 283 g/mol. The van der Waals surface area contributed by atoms with E-state index in [-0.39, 0.29) is 5.92 Å². The van der Waals surface area contributed by atoms with Crippen LogP contribution in [0.15, 0.2) is 28.8 Å². The first-order valence-corrected chi connectivity index (χ1v) is 6.88. The lowest BCUT2D eigenvalue weighted by molar-refractivity contribution is 0.365. The molecule has 0 aliphatic rings. The quantitative estimate of drug-likeness (QED) is 0.733. The van der Waals surface area contributed by atoms with Crippen LogP contribution in [0.5, 0.6) is 5.88 Å². The molecule has 0 bridgehead atoms. The van der Waals surface area contributed by atoms with Gasteiger partial charge in [0.1, 0.15) is 0 Å². The first-order valence-electron chi connectivity index (χ1n) is 6.88. The summed E-state index contributed by atoms with van der Waals surface area (Å²) in [6.07, 6.45) is 0. The van der Waals surface area contributed by atoms with Crippen LogP contribution in [0.1, 0.15) is 31.2 Å². The van der Waals surface area contributed by atoms with E-state index < -0.39 is 0 Å². The number of hydrogen-bond donors (Lipinski definition) is 0. The molecule has 1 aromatic carbocycles. The summed E-state index contributed by atoms with van der Waals surface area (Å²) in [7, 11) is 1.60. The van der Waals surface area contributed by atoms with Crippen LogP contribution in [0.3, 0.4) is 0 Å². The average Bonchev–Trinajstić information content (AvgIpc) is 2.96. The number of hydrogen-bond acceptors (Lipinski definition) is 5. The van der Waals surface area contributed by atoms with E-state index in [9.17, 15) is 0 Å². The van der Waals surface area contributed by atoms with E-state index in [1.807, 2.05) is 45.0 Å². The van der Waals surface area contributed by atoms with Gasteiger partial charge in [0.05, 0.1) is 18.2 Å². The maximum atomic E-state index is 5.40. The molecule has 2 aromatic heterocycles. The van der Waals surface area contributed by atoms with Crippen molar-refractivity contribution < 1.29 is 9.26 Å². The number of fused-ring (bicyclic) bond motifs is 1. The first kappa shape index (κ1) is 13.5. The van der Waals surface area contributed by atoms with Crippen LogP contribution in [0, 0.1) is 6.92 Å². The minimum atomic E-state index is 0.188. The summed E-state index contributed by atoms with van der Waals surface area (Å²) >= 11 is 0. The van der Waals surface area contributed by atoms with Gasteiger partial charge in [-0.05, 0) is 18.6 Å². The lowest BCUT2D eigenvalue weighted by atomic mass is 10.1. The fourth-order valence-electron chi connectivity index (χ4n) is 2.22. The van der Waals surface area contributed by atoms with E-state index in [4.69, 9.17) is 9.26 Å². The lowest BCUT2D eigenvalue weighted by Crippen LogP contribution is -1.95. The fraction of sp³-hybridized carbons (Fsp3) is 0.312. The number of benzene rings is 1. The Balaban J connectivity index is 2.20. The van der Waals surface area contributed by atoms with Crippen LogP contribution in [0.2, 0.25) is 0 Å². The Kier molecular flexibility index (Phi) is 3.33. The summed E-state index contributed by atoms with van der Waals surface area (Å²) in [5, 5.41) is 5.07. The van der Waals surface area contributed by atoms with E-state index in [1.165, 1.54) is 0 Å². The second kappa shape index (κ2) is 5.16. The van der Waals surface area contributed by atoms with Gasteiger partial charge in [0.15, 0.2) is 0 Å². The first-order chi connectivity index (χ1) is 10.1. The van der Waals surface area contributed by atoms with Gasteiger partial charge in [-0.3, -0.25) is 0 Å². The highest BCUT2D eigenvalue weighted by atomic mass is 16.5. The van der Waals surface area contributed by atoms with Gasteiger partial charge in [0.2, 0.25) is 17.6 Å². The Morgan fingerprint density at radius 3 is 2.67 bits per heavy atom. The second-order valence-corrected chi connectivity index (χ2v) is 5.30. The lowest BCUT2D eigenvalue weighted by Gasteiger charge is -2.08. The molecule has 5 nitrogen and oxygen atoms in total. The minimum absolute atomic E-state index is 0.188. The third-order valence-electron chi connectivity index (χ3n) is 3.38. The molecule has 0 N–H and O–H groups in total. The number of ether oxygens (including phenoxy) is 1. The van der Waals surface area contributed by atoms with E-state index >= 15 is 0 Å². The van der Waals surface area contributed by atoms with Crippen molar-refractivity contribution in [2.75, 3.05) is 7.11 Å². The summed E-state index contributed by atoms with van der Waals surface area (Å²) in [4.78, 5) is 9.00. The Morgan fingerprint density at radius 1 is 1.19 bits per heavy atom. The molecule has 21 heavy (non-hydrogen) atoms. The highest BCUT2D eigenvalue weighted by Crippen LogP contribution is 2.31. The van der Waals surface area contributed by atoms with Crippen molar-refractivity contribution in [3.63, 3.8) is 0 Å². The van der Waals surface area contributed by atoms with Crippen LogP contribution in [0.25, 0.3) is 22.3 Å². The summed E-state index contributed by atoms with van der Waals surface area (Å²) in [5.74, 6) is 1.81. The van der Waals surface area contributed by atoms with Crippen LogP contribution in [-0.2, 0) is 0 Å². The predicted octanol–water partition coefficient (Wildman–Crippen LogP) is 3.73. The number of aromatic nitrogens is 3. The molecule has 5 heteroatoms. The van der Waals surface area contributed by atoms with Gasteiger partial charge in [-0.1, -0.05) is 37.2 Å². The molecule has 0 aliphatic carbocycles. The van der Waals surface area contributed by atoms with Gasteiger partial charge >= 0.3 is 0 Å². The minimum Gasteiger partial charge on any atom is -0.480 e. The SMILES string of the molecule is COc1nc2c(C)cccc2cc1-c1noc(C(C)C)n1. The predicted molar refractivity (Wildman–Crippen MR) is 80.4 cm³/mol. The summed E-state index contributed by atoms with van der Waals surface area (Å²) in [6, 6.07) is 8.04. The Bertz CT molecular complexity index is 793. The number of aryl methyl sites for hydroxylation is 1. The maximum absolute atomic E-state index is 5.40. The van der Waals surface area contributed by atoms with Crippen molar-refractivity contribution >= 4 is 10.9 Å². The fourth-order valence-corrected chi connectivity index (χ4v) is 2.22. The van der Waals surface area contributed by atoms with Crippen molar-refractivity contribution in [2.24, 2.45) is 0 Å². The molecule has 0 unspecified atom stereocenters. The van der Waals surface area contributed by atoms with Crippen molar-refractivity contribution in [1.29, 1.82) is 0 Å². The number of rotatable bonds is 3. The third-order valence-corrected chi connectivity index (χ3v) is 3.38. The second-order valence-electron chi connectivity index (χ2n) is 5.30. The van der Waals surface area contributed by atoms with Gasteiger partial charge in [0, 0.05) is 11.3 Å². The van der Waals surface area contributed by atoms with Gasteiger partial charge in [-0.25, -0.2) is 4.98 Å². The van der Waals surface area contributed by atoms with Crippen LogP contribution >= 0.6 is 0 Å². The molecule has 0 spiro atoms. The standard InChI is InChI=1S/C16H17N3O2/c1-9(2)15-18-14(19-21-15)12-8-11-7-5-6-10(3)13(11)17-16(12)20-4/h5-9H,1-4H3. The van der Waals surface area contributed by atoms with Crippen molar-refractivity contribution in [1.82, 2.24) is 15.1 Å². The molecule has 0 atom stereocenters. The van der Waals surface area contributed by atoms with Crippen molar-refractivity contribution in [3.05, 3.63) is 35.7 Å². The molecule has 2 heterocycles. The zero-order valence-electron chi connectivity index (χ0n) is 12.5. The van der Waals surface area contributed by atoms with Crippen molar-refractivity contribution in [2.45, 2.75) is 26.7 Å². The Labute approximate surface area is 123 Å². The summed E-state index contributed by atoms with van der Waals surface area (Å²) in [6.45, 7) is 6.05. The summed E-state index contributed by atoms with van der Waals surface area (Å²) < 4.78 is 10.7. The van der Waals surface area contributed by atoms with E-state index in [0.29, 0.717) is 17.6 Å². The maximum Gasteiger partial charge on any atom is 0.229 e. The highest BCUT2D eigenvalue weighted by Gasteiger charge is 2.17. The van der Waals surface area contributed by atoms with Gasteiger partial charge in [0.25, 0.3) is 0 Å². The van der Waals surface area contributed by atoms with Crippen LogP contribution < -0.4 is 4.74 Å². The molecule has 108 valence electrons. The molecule has 3 aromatic rings. The smallest absolute Gasteiger partial charge is 0.229 e. The van der Waals surface area contributed by atoms with E-state index in [2.05, 4.69) is 15.1 Å². The Hall–Kier alpha value is -2.43. The van der Waals surface area contributed by atoms with E-state index in [1.54, 1.807) is 7.11 Å². The van der Waals surface area contributed by atoms with Crippen LogP contribution in [-0.4, -0.2) is 22.2 Å². The molecular formula is C16H17N3O2. The number of pyridine rings is 1. The molecule has 0 saturated heterocycles. The highest BCUT2D eigenvalue weighted by molar-refractivity contribution is 5.87. The molecule has 0 radical (unpaired) electrons.